The van der Waals surface area contributed by atoms with Gasteiger partial charge in [-0.25, -0.2) is 4.98 Å². The summed E-state index contributed by atoms with van der Waals surface area (Å²) >= 11 is 1.59. The summed E-state index contributed by atoms with van der Waals surface area (Å²) in [5.41, 5.74) is 2.88. The van der Waals surface area contributed by atoms with Gasteiger partial charge in [0.05, 0.1) is 0 Å². The van der Waals surface area contributed by atoms with Crippen molar-refractivity contribution in [3.05, 3.63) is 65.7 Å². The molecule has 23 heavy (non-hydrogen) atoms. The van der Waals surface area contributed by atoms with E-state index in [0.717, 1.165) is 27.6 Å². The van der Waals surface area contributed by atoms with Crippen LogP contribution in [0, 0.1) is 0 Å². The monoisotopic (exact) mass is 322 g/mol. The average molecular weight is 322 g/mol. The Morgan fingerprint density at radius 1 is 1.17 bits per heavy atom. The van der Waals surface area contributed by atoms with E-state index in [1.165, 1.54) is 0 Å². The minimum absolute atomic E-state index is 0.122. The van der Waals surface area contributed by atoms with Crippen LogP contribution in [0.3, 0.4) is 0 Å². The summed E-state index contributed by atoms with van der Waals surface area (Å²) in [6, 6.07) is 15.4. The zero-order valence-corrected chi connectivity index (χ0v) is 13.0. The number of para-hydroxylation sites is 1. The number of rotatable bonds is 3. The number of thiazole rings is 1. The highest BCUT2D eigenvalue weighted by atomic mass is 32.1. The molecule has 5 heteroatoms. The van der Waals surface area contributed by atoms with Crippen molar-refractivity contribution in [2.24, 2.45) is 0 Å². The highest BCUT2D eigenvalue weighted by Crippen LogP contribution is 2.29. The van der Waals surface area contributed by atoms with Crippen molar-refractivity contribution in [1.29, 1.82) is 0 Å². The molecule has 2 heterocycles. The molecule has 0 spiro atoms. The molecular weight excluding hydrogens is 308 g/mol. The van der Waals surface area contributed by atoms with Gasteiger partial charge in [0.15, 0.2) is 6.10 Å². The zero-order valence-electron chi connectivity index (χ0n) is 12.2. The van der Waals surface area contributed by atoms with E-state index in [0.29, 0.717) is 6.42 Å². The third kappa shape index (κ3) is 2.83. The molecule has 1 aliphatic heterocycles. The van der Waals surface area contributed by atoms with Crippen molar-refractivity contribution in [1.82, 2.24) is 4.98 Å². The van der Waals surface area contributed by atoms with E-state index >= 15 is 0 Å². The van der Waals surface area contributed by atoms with Crippen LogP contribution in [0.2, 0.25) is 0 Å². The Morgan fingerprint density at radius 3 is 2.74 bits per heavy atom. The summed E-state index contributed by atoms with van der Waals surface area (Å²) in [5.74, 6) is 0.676. The molecular formula is C18H14N2O2S. The Kier molecular flexibility index (Phi) is 3.55. The number of benzene rings is 2. The van der Waals surface area contributed by atoms with Crippen LogP contribution in [0.1, 0.15) is 5.56 Å². The average Bonchev–Trinajstić information content (AvgIpc) is 3.25. The van der Waals surface area contributed by atoms with Gasteiger partial charge in [0.1, 0.15) is 10.8 Å². The maximum Gasteiger partial charge on any atom is 0.265 e. The Balaban J connectivity index is 1.44. The fourth-order valence-electron chi connectivity index (χ4n) is 2.61. The van der Waals surface area contributed by atoms with Crippen molar-refractivity contribution < 1.29 is 9.53 Å². The standard InChI is InChI=1S/C18H14N2O2S/c21-17(16-11-13-3-1-2-4-15(13)22-16)20-14-7-5-12(6-8-14)18-19-9-10-23-18/h1-10,16H,11H2,(H,20,21)/t16-/m1/s1. The fraction of sp³-hybridized carbons (Fsp3) is 0.111. The smallest absolute Gasteiger partial charge is 0.265 e. The van der Waals surface area contributed by atoms with E-state index in [-0.39, 0.29) is 5.91 Å². The van der Waals surface area contributed by atoms with Gasteiger partial charge < -0.3 is 10.1 Å². The second kappa shape index (κ2) is 5.85. The lowest BCUT2D eigenvalue weighted by atomic mass is 10.1. The van der Waals surface area contributed by atoms with Gasteiger partial charge in [-0.3, -0.25) is 4.79 Å². The summed E-state index contributed by atoms with van der Waals surface area (Å²) in [6.07, 6.45) is 1.93. The first-order chi connectivity index (χ1) is 11.3. The molecule has 0 unspecified atom stereocenters. The van der Waals surface area contributed by atoms with Crippen molar-refractivity contribution in [2.45, 2.75) is 12.5 Å². The van der Waals surface area contributed by atoms with Crippen LogP contribution in [0.4, 0.5) is 5.69 Å². The van der Waals surface area contributed by atoms with Gasteiger partial charge in [0.2, 0.25) is 0 Å². The molecule has 114 valence electrons. The van der Waals surface area contributed by atoms with Crippen LogP contribution in [0.15, 0.2) is 60.1 Å². The highest BCUT2D eigenvalue weighted by molar-refractivity contribution is 7.13. The van der Waals surface area contributed by atoms with Crippen LogP contribution in [-0.2, 0) is 11.2 Å². The van der Waals surface area contributed by atoms with Gasteiger partial charge in [0.25, 0.3) is 5.91 Å². The summed E-state index contributed by atoms with van der Waals surface area (Å²) in [4.78, 5) is 16.6. The number of carbonyl (C=O) groups excluding carboxylic acids is 1. The third-order valence-corrected chi connectivity index (χ3v) is 4.59. The van der Waals surface area contributed by atoms with E-state index in [9.17, 15) is 4.79 Å². The van der Waals surface area contributed by atoms with Gasteiger partial charge >= 0.3 is 0 Å². The highest BCUT2D eigenvalue weighted by Gasteiger charge is 2.28. The maximum atomic E-state index is 12.4. The molecule has 0 fully saturated rings. The quantitative estimate of drug-likeness (QED) is 0.799. The van der Waals surface area contributed by atoms with E-state index in [1.807, 2.05) is 53.9 Å². The first kappa shape index (κ1) is 14.0. The first-order valence-corrected chi connectivity index (χ1v) is 8.23. The number of aromatic nitrogens is 1. The molecule has 1 atom stereocenters. The third-order valence-electron chi connectivity index (χ3n) is 3.77. The van der Waals surface area contributed by atoms with Crippen LogP contribution < -0.4 is 10.1 Å². The van der Waals surface area contributed by atoms with Crippen LogP contribution in [0.5, 0.6) is 5.75 Å². The fourth-order valence-corrected chi connectivity index (χ4v) is 3.26. The summed E-state index contributed by atoms with van der Waals surface area (Å²) in [7, 11) is 0. The Hall–Kier alpha value is -2.66. The Labute approximate surface area is 137 Å². The molecule has 0 bridgehead atoms. The van der Waals surface area contributed by atoms with Crippen LogP contribution >= 0.6 is 11.3 Å². The number of hydrogen-bond acceptors (Lipinski definition) is 4. The number of carbonyl (C=O) groups is 1. The number of nitrogens with one attached hydrogen (secondary N) is 1. The van der Waals surface area contributed by atoms with Gasteiger partial charge in [-0.05, 0) is 35.9 Å². The van der Waals surface area contributed by atoms with Crippen molar-refractivity contribution in [2.75, 3.05) is 5.32 Å². The maximum absolute atomic E-state index is 12.4. The second-order valence-electron chi connectivity index (χ2n) is 5.32. The van der Waals surface area contributed by atoms with Gasteiger partial charge in [-0.15, -0.1) is 11.3 Å². The molecule has 1 aromatic heterocycles. The molecule has 4 rings (SSSR count). The topological polar surface area (TPSA) is 51.2 Å². The molecule has 1 aliphatic rings. The SMILES string of the molecule is O=C(Nc1ccc(-c2nccs2)cc1)[C@H]1Cc2ccccc2O1. The summed E-state index contributed by atoms with van der Waals surface area (Å²) in [5, 5.41) is 5.82. The molecule has 0 saturated heterocycles. The summed E-state index contributed by atoms with van der Waals surface area (Å²) < 4.78 is 5.70. The molecule has 1 amide bonds. The Morgan fingerprint density at radius 2 is 2.00 bits per heavy atom. The number of amides is 1. The number of anilines is 1. The lowest BCUT2D eigenvalue weighted by Gasteiger charge is -2.11. The predicted octanol–water partition coefficient (Wildman–Crippen LogP) is 3.75. The molecule has 0 saturated carbocycles. The summed E-state index contributed by atoms with van der Waals surface area (Å²) in [6.45, 7) is 0. The van der Waals surface area contributed by atoms with Gasteiger partial charge in [-0.2, -0.15) is 0 Å². The van der Waals surface area contributed by atoms with Crippen LogP contribution in [-0.4, -0.2) is 17.0 Å². The number of nitrogens with zero attached hydrogens (tertiary/aromatic N) is 1. The van der Waals surface area contributed by atoms with Crippen molar-refractivity contribution >= 4 is 22.9 Å². The first-order valence-electron chi connectivity index (χ1n) is 7.35. The number of ether oxygens (including phenoxy) is 1. The lowest BCUT2D eigenvalue weighted by molar-refractivity contribution is -0.122. The van der Waals surface area contributed by atoms with Crippen molar-refractivity contribution in [3.63, 3.8) is 0 Å². The van der Waals surface area contributed by atoms with E-state index in [2.05, 4.69) is 10.3 Å². The Bertz CT molecular complexity index is 803. The van der Waals surface area contributed by atoms with E-state index < -0.39 is 6.10 Å². The van der Waals surface area contributed by atoms with Gasteiger partial charge in [-0.1, -0.05) is 18.2 Å². The molecule has 3 aromatic rings. The van der Waals surface area contributed by atoms with Crippen LogP contribution in [0.25, 0.3) is 10.6 Å². The minimum Gasteiger partial charge on any atom is -0.480 e. The van der Waals surface area contributed by atoms with Gasteiger partial charge in [0, 0.05) is 29.2 Å². The van der Waals surface area contributed by atoms with Crippen molar-refractivity contribution in [3.8, 4) is 16.3 Å². The molecule has 0 radical (unpaired) electrons. The normalized spacial score (nSPS) is 15.7. The predicted molar refractivity (Wildman–Crippen MR) is 90.7 cm³/mol. The second-order valence-corrected chi connectivity index (χ2v) is 6.22. The molecule has 0 aliphatic carbocycles. The lowest BCUT2D eigenvalue weighted by Crippen LogP contribution is -2.31. The molecule has 2 aromatic carbocycles. The van der Waals surface area contributed by atoms with E-state index in [4.69, 9.17) is 4.74 Å². The number of fused-ring (bicyclic) bond motifs is 1. The minimum atomic E-state index is -0.467. The zero-order chi connectivity index (χ0) is 15.6. The molecule has 1 N–H and O–H groups in total. The number of hydrogen-bond donors (Lipinski definition) is 1. The molecule has 4 nitrogen and oxygen atoms in total. The van der Waals surface area contributed by atoms with E-state index in [1.54, 1.807) is 17.5 Å². The largest absolute Gasteiger partial charge is 0.480 e.